The highest BCUT2D eigenvalue weighted by Gasteiger charge is 2.53. The van der Waals surface area contributed by atoms with Gasteiger partial charge in [0.05, 0.1) is 37.3 Å². The molecule has 0 N–H and O–H groups in total. The molecule has 1 heterocycles. The first-order valence-electron chi connectivity index (χ1n) is 15.2. The SMILES string of the molecule is CCCCCCCCCCCOC(=O)C1CC2OC2CC1C(=O)OCCCCCCCCCCC. The lowest BCUT2D eigenvalue weighted by atomic mass is 9.79. The largest absolute Gasteiger partial charge is 0.465 e. The Kier molecular flexibility index (Phi) is 16.4. The number of ether oxygens (including phenoxy) is 3. The molecule has 204 valence electrons. The maximum atomic E-state index is 12.8. The van der Waals surface area contributed by atoms with Gasteiger partial charge in [-0.3, -0.25) is 9.59 Å². The lowest BCUT2D eigenvalue weighted by Crippen LogP contribution is -2.37. The minimum absolute atomic E-state index is 0.127. The van der Waals surface area contributed by atoms with E-state index in [9.17, 15) is 9.59 Å². The number of unbranched alkanes of at least 4 members (excludes halogenated alkanes) is 16. The van der Waals surface area contributed by atoms with Crippen molar-refractivity contribution in [2.45, 2.75) is 154 Å². The van der Waals surface area contributed by atoms with Crippen LogP contribution in [-0.2, 0) is 23.8 Å². The lowest BCUT2D eigenvalue weighted by molar-refractivity contribution is -0.162. The number of fused-ring (bicyclic) bond motifs is 1. The lowest BCUT2D eigenvalue weighted by Gasteiger charge is -2.26. The van der Waals surface area contributed by atoms with Crippen molar-refractivity contribution in [2.75, 3.05) is 13.2 Å². The van der Waals surface area contributed by atoms with Crippen molar-refractivity contribution in [3.63, 3.8) is 0 Å². The van der Waals surface area contributed by atoms with Crippen LogP contribution in [-0.4, -0.2) is 37.4 Å². The van der Waals surface area contributed by atoms with Gasteiger partial charge in [0.1, 0.15) is 0 Å². The van der Waals surface area contributed by atoms with Gasteiger partial charge in [-0.1, -0.05) is 117 Å². The van der Waals surface area contributed by atoms with Gasteiger partial charge in [0.25, 0.3) is 0 Å². The van der Waals surface area contributed by atoms with Crippen molar-refractivity contribution in [3.05, 3.63) is 0 Å². The highest BCUT2D eigenvalue weighted by atomic mass is 16.6. The summed E-state index contributed by atoms with van der Waals surface area (Å²) in [5.74, 6) is -1.28. The standard InChI is InChI=1S/C30H54O5/c1-3-5-7-9-11-13-15-17-19-21-33-29(31)25-23-27-28(35-27)24-26(25)30(32)34-22-20-18-16-14-12-10-8-6-4-2/h25-28H,3-24H2,1-2H3. The van der Waals surface area contributed by atoms with Gasteiger partial charge < -0.3 is 14.2 Å². The fourth-order valence-electron chi connectivity index (χ4n) is 5.33. The van der Waals surface area contributed by atoms with E-state index >= 15 is 0 Å². The second kappa shape index (κ2) is 19.1. The maximum absolute atomic E-state index is 12.8. The van der Waals surface area contributed by atoms with Crippen LogP contribution < -0.4 is 0 Å². The van der Waals surface area contributed by atoms with Crippen LogP contribution in [0, 0.1) is 11.8 Å². The summed E-state index contributed by atoms with van der Waals surface area (Å²) in [5.41, 5.74) is 0. The van der Waals surface area contributed by atoms with Crippen molar-refractivity contribution in [1.82, 2.24) is 0 Å². The van der Waals surface area contributed by atoms with E-state index in [4.69, 9.17) is 14.2 Å². The molecule has 0 radical (unpaired) electrons. The average molecular weight is 495 g/mol. The molecule has 0 amide bonds. The quantitative estimate of drug-likeness (QED) is 0.0868. The number of rotatable bonds is 22. The van der Waals surface area contributed by atoms with Crippen LogP contribution >= 0.6 is 0 Å². The Labute approximate surface area is 215 Å². The minimum atomic E-state index is -0.409. The Morgan fingerprint density at radius 1 is 0.543 bits per heavy atom. The second-order valence-corrected chi connectivity index (χ2v) is 10.9. The van der Waals surface area contributed by atoms with Crippen LogP contribution in [0.3, 0.4) is 0 Å². The zero-order valence-corrected chi connectivity index (χ0v) is 22.9. The van der Waals surface area contributed by atoms with Crippen LogP contribution in [0.25, 0.3) is 0 Å². The smallest absolute Gasteiger partial charge is 0.309 e. The molecule has 1 saturated heterocycles. The first-order chi connectivity index (χ1) is 17.2. The van der Waals surface area contributed by atoms with Gasteiger partial charge in [-0.2, -0.15) is 0 Å². The van der Waals surface area contributed by atoms with Gasteiger partial charge in [0.2, 0.25) is 0 Å². The average Bonchev–Trinajstić information content (AvgIpc) is 3.64. The van der Waals surface area contributed by atoms with E-state index in [1.54, 1.807) is 0 Å². The van der Waals surface area contributed by atoms with Crippen molar-refractivity contribution in [2.24, 2.45) is 11.8 Å². The zero-order chi connectivity index (χ0) is 25.1. The summed E-state index contributed by atoms with van der Waals surface area (Å²) >= 11 is 0. The number of carbonyl (C=O) groups excluding carboxylic acids is 2. The summed E-state index contributed by atoms with van der Waals surface area (Å²) in [6.07, 6.45) is 23.7. The predicted molar refractivity (Wildman–Crippen MR) is 141 cm³/mol. The third kappa shape index (κ3) is 13.1. The molecule has 0 spiro atoms. The van der Waals surface area contributed by atoms with Crippen LogP contribution in [0.1, 0.15) is 142 Å². The minimum Gasteiger partial charge on any atom is -0.465 e. The molecule has 35 heavy (non-hydrogen) atoms. The molecule has 2 rings (SSSR count). The Hall–Kier alpha value is -1.10. The highest BCUT2D eigenvalue weighted by Crippen LogP contribution is 2.43. The van der Waals surface area contributed by atoms with Gasteiger partial charge >= 0.3 is 11.9 Å². The fourth-order valence-corrected chi connectivity index (χ4v) is 5.33. The molecule has 0 aromatic carbocycles. The van der Waals surface area contributed by atoms with Crippen LogP contribution in [0.2, 0.25) is 0 Å². The number of carbonyl (C=O) groups is 2. The molecule has 0 aromatic rings. The molecular weight excluding hydrogens is 440 g/mol. The van der Waals surface area contributed by atoms with E-state index in [0.29, 0.717) is 26.1 Å². The first-order valence-corrected chi connectivity index (χ1v) is 15.2. The molecule has 5 nitrogen and oxygen atoms in total. The number of hydrogen-bond donors (Lipinski definition) is 0. The van der Waals surface area contributed by atoms with Gasteiger partial charge in [-0.25, -0.2) is 0 Å². The summed E-state index contributed by atoms with van der Waals surface area (Å²) in [4.78, 5) is 25.5. The normalized spacial score (nSPS) is 23.0. The van der Waals surface area contributed by atoms with E-state index in [1.807, 2.05) is 0 Å². The number of hydrogen-bond acceptors (Lipinski definition) is 5. The molecule has 1 aliphatic carbocycles. The maximum Gasteiger partial charge on any atom is 0.309 e. The van der Waals surface area contributed by atoms with Gasteiger partial charge in [-0.05, 0) is 25.7 Å². The summed E-state index contributed by atoms with van der Waals surface area (Å²) in [7, 11) is 0. The molecule has 0 aromatic heterocycles. The van der Waals surface area contributed by atoms with Crippen LogP contribution in [0.5, 0.6) is 0 Å². The van der Waals surface area contributed by atoms with E-state index in [0.717, 1.165) is 25.7 Å². The molecule has 1 aliphatic heterocycles. The molecule has 0 bridgehead atoms. The zero-order valence-electron chi connectivity index (χ0n) is 22.9. The molecular formula is C30H54O5. The van der Waals surface area contributed by atoms with E-state index in [-0.39, 0.29) is 24.1 Å². The Morgan fingerprint density at radius 2 is 0.857 bits per heavy atom. The third-order valence-corrected chi connectivity index (χ3v) is 7.74. The summed E-state index contributed by atoms with van der Waals surface area (Å²) in [6, 6.07) is 0. The van der Waals surface area contributed by atoms with Gasteiger partial charge in [0, 0.05) is 0 Å². The molecule has 1 saturated carbocycles. The van der Waals surface area contributed by atoms with E-state index in [1.165, 1.54) is 89.9 Å². The Bertz CT molecular complexity index is 515. The van der Waals surface area contributed by atoms with Crippen molar-refractivity contribution >= 4 is 11.9 Å². The van der Waals surface area contributed by atoms with Crippen LogP contribution in [0.15, 0.2) is 0 Å². The third-order valence-electron chi connectivity index (χ3n) is 7.74. The topological polar surface area (TPSA) is 65.1 Å². The summed E-state index contributed by atoms with van der Waals surface area (Å²) in [5, 5.41) is 0. The van der Waals surface area contributed by atoms with Crippen molar-refractivity contribution < 1.29 is 23.8 Å². The summed E-state index contributed by atoms with van der Waals surface area (Å²) < 4.78 is 16.8. The molecule has 4 unspecified atom stereocenters. The summed E-state index contributed by atoms with van der Waals surface area (Å²) in [6.45, 7) is 5.41. The van der Waals surface area contributed by atoms with Crippen LogP contribution in [0.4, 0.5) is 0 Å². The molecule has 4 atom stereocenters. The second-order valence-electron chi connectivity index (χ2n) is 10.9. The van der Waals surface area contributed by atoms with Gasteiger partial charge in [-0.15, -0.1) is 0 Å². The monoisotopic (exact) mass is 494 g/mol. The van der Waals surface area contributed by atoms with Crippen molar-refractivity contribution in [1.29, 1.82) is 0 Å². The fraction of sp³-hybridized carbons (Fsp3) is 0.933. The van der Waals surface area contributed by atoms with Gasteiger partial charge in [0.15, 0.2) is 0 Å². The number of epoxide rings is 1. The molecule has 5 heteroatoms. The Morgan fingerprint density at radius 3 is 1.20 bits per heavy atom. The number of esters is 2. The van der Waals surface area contributed by atoms with E-state index < -0.39 is 11.8 Å². The van der Waals surface area contributed by atoms with E-state index in [2.05, 4.69) is 13.8 Å². The Balaban J connectivity index is 1.54. The predicted octanol–water partition coefficient (Wildman–Crippen LogP) is 7.93. The first kappa shape index (κ1) is 30.1. The van der Waals surface area contributed by atoms with Crippen molar-refractivity contribution in [3.8, 4) is 0 Å². The molecule has 2 fully saturated rings. The highest BCUT2D eigenvalue weighted by molar-refractivity contribution is 5.82. The molecule has 2 aliphatic rings.